The van der Waals surface area contributed by atoms with Gasteiger partial charge >= 0.3 is 0 Å². The summed E-state index contributed by atoms with van der Waals surface area (Å²) in [6, 6.07) is 15.2. The second-order valence-electron chi connectivity index (χ2n) is 7.63. The smallest absolute Gasteiger partial charge is 0.241 e. The molecule has 150 valence electrons. The maximum atomic E-state index is 12.7. The van der Waals surface area contributed by atoms with Gasteiger partial charge in [-0.15, -0.1) is 11.3 Å². The lowest BCUT2D eigenvalue weighted by Crippen LogP contribution is -2.45. The fraction of sp³-hybridized carbons (Fsp3) is 0.348. The van der Waals surface area contributed by atoms with Gasteiger partial charge in [-0.2, -0.15) is 0 Å². The Bertz CT molecular complexity index is 1000. The highest BCUT2D eigenvalue weighted by atomic mass is 32.1. The van der Waals surface area contributed by atoms with Gasteiger partial charge in [0.15, 0.2) is 5.78 Å². The van der Waals surface area contributed by atoms with E-state index < -0.39 is 0 Å². The van der Waals surface area contributed by atoms with Crippen LogP contribution in [0.5, 0.6) is 0 Å². The van der Waals surface area contributed by atoms with E-state index in [1.54, 1.807) is 29.5 Å². The summed E-state index contributed by atoms with van der Waals surface area (Å²) < 4.78 is 1.24. The van der Waals surface area contributed by atoms with Crippen molar-refractivity contribution in [3.63, 3.8) is 0 Å². The molecule has 3 aromatic rings. The molecule has 1 atom stereocenters. The van der Waals surface area contributed by atoms with E-state index >= 15 is 0 Å². The third-order valence-corrected chi connectivity index (χ3v) is 6.85. The van der Waals surface area contributed by atoms with Gasteiger partial charge in [-0.3, -0.25) is 14.5 Å². The molecule has 5 nitrogen and oxygen atoms in total. The molecule has 29 heavy (non-hydrogen) atoms. The number of piperidine rings is 1. The molecular weight excluding hydrogens is 382 g/mol. The number of hydrogen-bond acceptors (Lipinski definition) is 5. The van der Waals surface area contributed by atoms with Gasteiger partial charge < -0.3 is 5.32 Å². The number of likely N-dealkylation sites (tertiary alicyclic amines) is 1. The molecule has 1 aromatic heterocycles. The van der Waals surface area contributed by atoms with Gasteiger partial charge in [-0.1, -0.05) is 24.3 Å². The van der Waals surface area contributed by atoms with Crippen LogP contribution in [0.2, 0.25) is 0 Å². The Morgan fingerprint density at radius 2 is 1.90 bits per heavy atom. The van der Waals surface area contributed by atoms with Gasteiger partial charge in [-0.25, -0.2) is 4.98 Å². The lowest BCUT2D eigenvalue weighted by atomic mass is 9.96. The molecule has 1 amide bonds. The Morgan fingerprint density at radius 3 is 2.62 bits per heavy atom. The number of carbonyl (C=O) groups is 2. The van der Waals surface area contributed by atoms with Gasteiger partial charge in [0.05, 0.1) is 21.3 Å². The van der Waals surface area contributed by atoms with Gasteiger partial charge in [0.2, 0.25) is 5.91 Å². The summed E-state index contributed by atoms with van der Waals surface area (Å²) in [5.41, 5.74) is 2.35. The summed E-state index contributed by atoms with van der Waals surface area (Å²) in [5, 5.41) is 4.16. The lowest BCUT2D eigenvalue weighted by Gasteiger charge is -2.34. The normalized spacial score (nSPS) is 16.6. The molecule has 1 N–H and O–H groups in total. The number of fused-ring (bicyclic) bond motifs is 1. The maximum absolute atomic E-state index is 12.7. The van der Waals surface area contributed by atoms with Crippen LogP contribution in [0.3, 0.4) is 0 Å². The predicted octanol–water partition coefficient (Wildman–Crippen LogP) is 4.71. The first-order valence-corrected chi connectivity index (χ1v) is 10.8. The van der Waals surface area contributed by atoms with Crippen molar-refractivity contribution in [3.05, 3.63) is 59.1 Å². The average molecular weight is 408 g/mol. The first-order chi connectivity index (χ1) is 14.0. The molecule has 0 saturated carbocycles. The van der Waals surface area contributed by atoms with E-state index in [1.807, 2.05) is 19.1 Å². The molecule has 1 fully saturated rings. The molecule has 0 bridgehead atoms. The summed E-state index contributed by atoms with van der Waals surface area (Å²) in [5.74, 6) is 0.418. The number of benzene rings is 2. The number of anilines is 1. The zero-order chi connectivity index (χ0) is 20.4. The number of nitrogens with zero attached hydrogens (tertiary/aromatic N) is 2. The molecule has 1 saturated heterocycles. The van der Waals surface area contributed by atoms with Gasteiger partial charge in [-0.05, 0) is 64.0 Å². The van der Waals surface area contributed by atoms with E-state index in [1.165, 1.54) is 16.6 Å². The Balaban J connectivity index is 1.35. The number of nitrogens with one attached hydrogen (secondary N) is 1. The Hall–Kier alpha value is -2.57. The van der Waals surface area contributed by atoms with Crippen LogP contribution in [0.15, 0.2) is 48.5 Å². The number of rotatable bonds is 5. The molecule has 0 aliphatic carbocycles. The quantitative estimate of drug-likeness (QED) is 0.623. The second-order valence-corrected chi connectivity index (χ2v) is 8.69. The van der Waals surface area contributed by atoms with Crippen LogP contribution in [-0.2, 0) is 4.79 Å². The summed E-state index contributed by atoms with van der Waals surface area (Å²) in [7, 11) is 0. The third kappa shape index (κ3) is 4.38. The standard InChI is InChI=1S/C23H25N3O2S/c1-15(22(28)24-19-7-5-6-18(14-19)16(2)27)26-12-10-17(11-13-26)23-25-20-8-3-4-9-21(20)29-23/h3-9,14-15,17H,10-13H2,1-2H3,(H,24,28)/t15-/m1/s1. The van der Waals surface area contributed by atoms with Crippen molar-refractivity contribution < 1.29 is 9.59 Å². The summed E-state index contributed by atoms with van der Waals surface area (Å²) in [4.78, 5) is 31.3. The molecule has 0 unspecified atom stereocenters. The number of para-hydroxylation sites is 1. The van der Waals surface area contributed by atoms with Crippen LogP contribution < -0.4 is 5.32 Å². The van der Waals surface area contributed by atoms with Gasteiger partial charge in [0.1, 0.15) is 0 Å². The van der Waals surface area contributed by atoms with Crippen LogP contribution >= 0.6 is 11.3 Å². The monoisotopic (exact) mass is 407 g/mol. The Kier molecular flexibility index (Phi) is 5.74. The van der Waals surface area contributed by atoms with E-state index in [0.717, 1.165) is 31.4 Å². The van der Waals surface area contributed by atoms with Crippen molar-refractivity contribution in [1.82, 2.24) is 9.88 Å². The number of carbonyl (C=O) groups excluding carboxylic acids is 2. The summed E-state index contributed by atoms with van der Waals surface area (Å²) >= 11 is 1.79. The van der Waals surface area contributed by atoms with E-state index in [0.29, 0.717) is 17.2 Å². The maximum Gasteiger partial charge on any atom is 0.241 e. The predicted molar refractivity (Wildman–Crippen MR) is 118 cm³/mol. The zero-order valence-corrected chi connectivity index (χ0v) is 17.5. The highest BCUT2D eigenvalue weighted by molar-refractivity contribution is 7.18. The van der Waals surface area contributed by atoms with Crippen LogP contribution in [-0.4, -0.2) is 40.7 Å². The molecule has 2 heterocycles. The number of amides is 1. The fourth-order valence-corrected chi connectivity index (χ4v) is 4.96. The van der Waals surface area contributed by atoms with Crippen LogP contribution in [0.25, 0.3) is 10.2 Å². The van der Waals surface area contributed by atoms with Crippen molar-refractivity contribution in [1.29, 1.82) is 0 Å². The second kappa shape index (κ2) is 8.43. The summed E-state index contributed by atoms with van der Waals surface area (Å²) in [6.07, 6.45) is 2.02. The van der Waals surface area contributed by atoms with E-state index in [4.69, 9.17) is 4.98 Å². The zero-order valence-electron chi connectivity index (χ0n) is 16.7. The number of thiazole rings is 1. The van der Waals surface area contributed by atoms with E-state index in [9.17, 15) is 9.59 Å². The Labute approximate surface area is 174 Å². The first-order valence-electron chi connectivity index (χ1n) is 10.0. The number of Topliss-reactive ketones (excluding diaryl/α,β-unsaturated/α-hetero) is 1. The molecule has 6 heteroatoms. The van der Waals surface area contributed by atoms with Crippen molar-refractivity contribution >= 4 is 38.9 Å². The van der Waals surface area contributed by atoms with Gasteiger partial charge in [0.25, 0.3) is 0 Å². The third-order valence-electron chi connectivity index (χ3n) is 5.65. The van der Waals surface area contributed by atoms with Crippen molar-refractivity contribution in [3.8, 4) is 0 Å². The van der Waals surface area contributed by atoms with E-state index in [2.05, 4.69) is 28.4 Å². The molecular formula is C23H25N3O2S. The molecule has 2 aromatic carbocycles. The Morgan fingerprint density at radius 1 is 1.14 bits per heavy atom. The number of ketones is 1. The summed E-state index contributed by atoms with van der Waals surface area (Å²) in [6.45, 7) is 5.23. The minimum Gasteiger partial charge on any atom is -0.325 e. The number of aromatic nitrogens is 1. The first kappa shape index (κ1) is 19.7. The molecule has 1 aliphatic heterocycles. The van der Waals surface area contributed by atoms with Crippen molar-refractivity contribution in [2.75, 3.05) is 18.4 Å². The van der Waals surface area contributed by atoms with Crippen molar-refractivity contribution in [2.45, 2.75) is 38.6 Å². The van der Waals surface area contributed by atoms with Crippen molar-refractivity contribution in [2.24, 2.45) is 0 Å². The minimum absolute atomic E-state index is 0.00827. The van der Waals surface area contributed by atoms with E-state index in [-0.39, 0.29) is 17.7 Å². The topological polar surface area (TPSA) is 62.3 Å². The average Bonchev–Trinajstić information content (AvgIpc) is 3.18. The largest absolute Gasteiger partial charge is 0.325 e. The lowest BCUT2D eigenvalue weighted by molar-refractivity contribution is -0.121. The highest BCUT2D eigenvalue weighted by Crippen LogP contribution is 2.34. The SMILES string of the molecule is CC(=O)c1cccc(NC(=O)[C@@H](C)N2CCC(c3nc4ccccc4s3)CC2)c1. The van der Waals surface area contributed by atoms with Crippen LogP contribution in [0.4, 0.5) is 5.69 Å². The van der Waals surface area contributed by atoms with Gasteiger partial charge in [0, 0.05) is 17.2 Å². The number of hydrogen-bond donors (Lipinski definition) is 1. The minimum atomic E-state index is -0.215. The molecule has 4 rings (SSSR count). The molecule has 0 radical (unpaired) electrons. The molecule has 0 spiro atoms. The van der Waals surface area contributed by atoms with Crippen LogP contribution in [0, 0.1) is 0 Å². The molecule has 1 aliphatic rings. The van der Waals surface area contributed by atoms with Crippen LogP contribution in [0.1, 0.15) is 48.0 Å². The highest BCUT2D eigenvalue weighted by Gasteiger charge is 2.28. The fourth-order valence-electron chi connectivity index (χ4n) is 3.83.